The average Bonchev–Trinajstić information content (AvgIpc) is 2.05. The van der Waals surface area contributed by atoms with E-state index in [-0.39, 0.29) is 0 Å². The van der Waals surface area contributed by atoms with Crippen LogP contribution in [-0.4, -0.2) is 6.21 Å². The van der Waals surface area contributed by atoms with Gasteiger partial charge in [0.1, 0.15) is 11.8 Å². The molecule has 0 aromatic carbocycles. The lowest BCUT2D eigenvalue weighted by Crippen LogP contribution is -1.87. The molecule has 0 unspecified atom stereocenters. The molecule has 2 nitrogen and oxygen atoms in total. The number of rotatable bonds is 1. The maximum Gasteiger partial charge on any atom is 0.136 e. The van der Waals surface area contributed by atoms with Crippen LogP contribution in [0.3, 0.4) is 0 Å². The van der Waals surface area contributed by atoms with Crippen molar-refractivity contribution < 1.29 is 0 Å². The normalized spacial score (nSPS) is 17.0. The second-order valence-electron chi connectivity index (χ2n) is 2.67. The SMILES string of the molecule is CCC1=CCCC=C(C#N)N=C1. The molecule has 62 valence electrons. The molecule has 0 atom stereocenters. The minimum absolute atomic E-state index is 0.536. The van der Waals surface area contributed by atoms with Crippen molar-refractivity contribution >= 4 is 6.21 Å². The lowest BCUT2D eigenvalue weighted by molar-refractivity contribution is 1.01. The molecule has 0 aromatic rings. The lowest BCUT2D eigenvalue weighted by atomic mass is 10.1. The van der Waals surface area contributed by atoms with Crippen LogP contribution in [0.5, 0.6) is 0 Å². The van der Waals surface area contributed by atoms with E-state index >= 15 is 0 Å². The number of nitriles is 1. The van der Waals surface area contributed by atoms with Gasteiger partial charge in [-0.2, -0.15) is 5.26 Å². The molecule has 0 radical (unpaired) electrons. The third kappa shape index (κ3) is 2.35. The van der Waals surface area contributed by atoms with E-state index in [4.69, 9.17) is 5.26 Å². The van der Waals surface area contributed by atoms with Crippen LogP contribution in [0.15, 0.2) is 28.4 Å². The molecule has 0 spiro atoms. The summed E-state index contributed by atoms with van der Waals surface area (Å²) >= 11 is 0. The third-order valence-corrected chi connectivity index (χ3v) is 1.80. The first-order chi connectivity index (χ1) is 5.86. The summed E-state index contributed by atoms with van der Waals surface area (Å²) in [6, 6.07) is 2.05. The van der Waals surface area contributed by atoms with E-state index in [9.17, 15) is 0 Å². The fourth-order valence-corrected chi connectivity index (χ4v) is 1.06. The molecule has 0 bridgehead atoms. The second kappa shape index (κ2) is 4.50. The molecule has 0 amide bonds. The summed E-state index contributed by atoms with van der Waals surface area (Å²) in [7, 11) is 0. The van der Waals surface area contributed by atoms with Gasteiger partial charge in [0.15, 0.2) is 0 Å². The number of nitrogens with zero attached hydrogens (tertiary/aromatic N) is 2. The van der Waals surface area contributed by atoms with E-state index in [1.807, 2.05) is 6.08 Å². The third-order valence-electron chi connectivity index (χ3n) is 1.80. The van der Waals surface area contributed by atoms with Gasteiger partial charge >= 0.3 is 0 Å². The molecule has 0 aromatic heterocycles. The summed E-state index contributed by atoms with van der Waals surface area (Å²) in [4.78, 5) is 4.06. The quantitative estimate of drug-likeness (QED) is 0.580. The molecule has 0 saturated heterocycles. The summed E-state index contributed by atoms with van der Waals surface area (Å²) < 4.78 is 0. The first-order valence-electron chi connectivity index (χ1n) is 4.20. The smallest absolute Gasteiger partial charge is 0.136 e. The first-order valence-corrected chi connectivity index (χ1v) is 4.20. The van der Waals surface area contributed by atoms with Gasteiger partial charge in [0.2, 0.25) is 0 Å². The Morgan fingerprint density at radius 1 is 1.50 bits per heavy atom. The zero-order chi connectivity index (χ0) is 8.81. The highest BCUT2D eigenvalue weighted by atomic mass is 14.7. The fourth-order valence-electron chi connectivity index (χ4n) is 1.06. The molecule has 12 heavy (non-hydrogen) atoms. The van der Waals surface area contributed by atoms with Crippen molar-refractivity contribution in [2.75, 3.05) is 0 Å². The van der Waals surface area contributed by atoms with Crippen LogP contribution in [0.1, 0.15) is 26.2 Å². The molecular formula is C10H12N2. The Balaban J connectivity index is 2.79. The minimum atomic E-state index is 0.536. The molecule has 0 aliphatic carbocycles. The van der Waals surface area contributed by atoms with Gasteiger partial charge in [-0.25, -0.2) is 4.99 Å². The van der Waals surface area contributed by atoms with Gasteiger partial charge in [0.25, 0.3) is 0 Å². The monoisotopic (exact) mass is 160 g/mol. The summed E-state index contributed by atoms with van der Waals surface area (Å²) in [5, 5.41) is 8.62. The molecule has 2 heteroatoms. The van der Waals surface area contributed by atoms with Gasteiger partial charge in [-0.15, -0.1) is 0 Å². The topological polar surface area (TPSA) is 36.1 Å². The van der Waals surface area contributed by atoms with Crippen LogP contribution < -0.4 is 0 Å². The summed E-state index contributed by atoms with van der Waals surface area (Å²) in [5.41, 5.74) is 1.75. The highest BCUT2D eigenvalue weighted by molar-refractivity contribution is 5.79. The van der Waals surface area contributed by atoms with Crippen LogP contribution in [0.4, 0.5) is 0 Å². The van der Waals surface area contributed by atoms with Gasteiger partial charge in [-0.3, -0.25) is 0 Å². The Hall–Kier alpha value is -1.36. The van der Waals surface area contributed by atoms with Crippen molar-refractivity contribution in [3.8, 4) is 6.07 Å². The molecule has 1 aliphatic heterocycles. The predicted molar refractivity (Wildman–Crippen MR) is 49.8 cm³/mol. The van der Waals surface area contributed by atoms with E-state index in [2.05, 4.69) is 24.1 Å². The Morgan fingerprint density at radius 2 is 2.25 bits per heavy atom. The van der Waals surface area contributed by atoms with Gasteiger partial charge in [-0.1, -0.05) is 13.0 Å². The minimum Gasteiger partial charge on any atom is -0.246 e. The molecular weight excluding hydrogens is 148 g/mol. The predicted octanol–water partition coefficient (Wildman–Crippen LogP) is 2.59. The van der Waals surface area contributed by atoms with Crippen molar-refractivity contribution in [2.24, 2.45) is 4.99 Å². The van der Waals surface area contributed by atoms with Crippen molar-refractivity contribution in [3.63, 3.8) is 0 Å². The largest absolute Gasteiger partial charge is 0.246 e. The van der Waals surface area contributed by atoms with Crippen LogP contribution in [0, 0.1) is 11.3 Å². The summed E-state index contributed by atoms with van der Waals surface area (Å²) in [6.07, 6.45) is 8.76. The molecule has 0 saturated carbocycles. The van der Waals surface area contributed by atoms with Crippen LogP contribution in [-0.2, 0) is 0 Å². The van der Waals surface area contributed by atoms with E-state index in [0.29, 0.717) is 5.70 Å². The van der Waals surface area contributed by atoms with Gasteiger partial charge in [-0.05, 0) is 30.9 Å². The van der Waals surface area contributed by atoms with Crippen molar-refractivity contribution in [2.45, 2.75) is 26.2 Å². The standard InChI is InChI=1S/C10H12N2/c1-2-9-5-3-4-6-10(7-11)12-8-9/h5-6,8H,2-4H2,1H3. The number of hydrogen-bond acceptors (Lipinski definition) is 2. The zero-order valence-corrected chi connectivity index (χ0v) is 7.25. The maximum atomic E-state index is 8.62. The van der Waals surface area contributed by atoms with E-state index in [1.54, 1.807) is 6.21 Å². The second-order valence-corrected chi connectivity index (χ2v) is 2.67. The van der Waals surface area contributed by atoms with Crippen molar-refractivity contribution in [1.29, 1.82) is 5.26 Å². The van der Waals surface area contributed by atoms with Gasteiger partial charge in [0.05, 0.1) is 0 Å². The zero-order valence-electron chi connectivity index (χ0n) is 7.25. The van der Waals surface area contributed by atoms with E-state index < -0.39 is 0 Å². The molecule has 1 rings (SSSR count). The fraction of sp³-hybridized carbons (Fsp3) is 0.400. The van der Waals surface area contributed by atoms with Crippen LogP contribution in [0.25, 0.3) is 0 Å². The molecule has 0 N–H and O–H groups in total. The highest BCUT2D eigenvalue weighted by Gasteiger charge is 1.95. The highest BCUT2D eigenvalue weighted by Crippen LogP contribution is 2.08. The molecule has 1 aliphatic rings. The average molecular weight is 160 g/mol. The van der Waals surface area contributed by atoms with Crippen LogP contribution in [0.2, 0.25) is 0 Å². The van der Waals surface area contributed by atoms with E-state index in [1.165, 1.54) is 5.57 Å². The Labute approximate surface area is 72.9 Å². The number of hydrogen-bond donors (Lipinski definition) is 0. The van der Waals surface area contributed by atoms with Gasteiger partial charge < -0.3 is 0 Å². The number of allylic oxidation sites excluding steroid dienone is 4. The van der Waals surface area contributed by atoms with Gasteiger partial charge in [0, 0.05) is 6.21 Å². The Morgan fingerprint density at radius 3 is 2.92 bits per heavy atom. The summed E-state index contributed by atoms with van der Waals surface area (Å²) in [6.45, 7) is 2.09. The van der Waals surface area contributed by atoms with E-state index in [0.717, 1.165) is 19.3 Å². The maximum absolute atomic E-state index is 8.62. The Kier molecular flexibility index (Phi) is 3.28. The van der Waals surface area contributed by atoms with Crippen molar-refractivity contribution in [3.05, 3.63) is 23.4 Å². The molecule has 0 fully saturated rings. The summed E-state index contributed by atoms with van der Waals surface area (Å²) in [5.74, 6) is 0. The van der Waals surface area contributed by atoms with Crippen molar-refractivity contribution in [1.82, 2.24) is 0 Å². The number of aliphatic imine (C=N–C) groups is 1. The first kappa shape index (κ1) is 8.73. The van der Waals surface area contributed by atoms with Crippen LogP contribution >= 0.6 is 0 Å². The Bertz CT molecular complexity index is 277. The molecule has 1 heterocycles. The lowest BCUT2D eigenvalue weighted by Gasteiger charge is -1.99.